The molecule has 0 aliphatic carbocycles. The Kier molecular flexibility index (Phi) is 4.97. The number of anilines is 3. The smallest absolute Gasteiger partial charge is 0.151 e. The van der Waals surface area contributed by atoms with Crippen LogP contribution >= 0.6 is 11.6 Å². The SMILES string of the molecule is N#Cc1cnc2c(F)cc(NCc3ccn[nH]3)cc2c1Nc1ccc(F)c(Cl)c1. The highest BCUT2D eigenvalue weighted by Crippen LogP contribution is 2.33. The summed E-state index contributed by atoms with van der Waals surface area (Å²) in [6.07, 6.45) is 2.91. The first-order chi connectivity index (χ1) is 14.0. The van der Waals surface area contributed by atoms with Crippen molar-refractivity contribution < 1.29 is 8.78 Å². The van der Waals surface area contributed by atoms with Crippen LogP contribution in [-0.4, -0.2) is 15.2 Å². The van der Waals surface area contributed by atoms with Gasteiger partial charge in [0, 0.05) is 29.2 Å². The third-order valence-corrected chi connectivity index (χ3v) is 4.57. The molecule has 4 aromatic rings. The van der Waals surface area contributed by atoms with Crippen molar-refractivity contribution in [3.63, 3.8) is 0 Å². The lowest BCUT2D eigenvalue weighted by Crippen LogP contribution is -2.02. The second-order valence-corrected chi connectivity index (χ2v) is 6.61. The van der Waals surface area contributed by atoms with E-state index in [0.29, 0.717) is 29.0 Å². The molecule has 0 aliphatic rings. The molecule has 144 valence electrons. The average Bonchev–Trinajstić information content (AvgIpc) is 3.23. The van der Waals surface area contributed by atoms with E-state index in [1.807, 2.05) is 6.07 Å². The van der Waals surface area contributed by atoms with Crippen molar-refractivity contribution in [3.05, 3.63) is 76.7 Å². The van der Waals surface area contributed by atoms with Crippen molar-refractivity contribution in [2.75, 3.05) is 10.6 Å². The van der Waals surface area contributed by atoms with Gasteiger partial charge in [-0.3, -0.25) is 10.1 Å². The molecule has 0 saturated heterocycles. The van der Waals surface area contributed by atoms with Crippen LogP contribution in [0.2, 0.25) is 5.02 Å². The fourth-order valence-electron chi connectivity index (χ4n) is 2.88. The molecule has 0 bridgehead atoms. The average molecular weight is 411 g/mol. The number of aromatic nitrogens is 3. The molecule has 3 N–H and O–H groups in total. The molecular weight excluding hydrogens is 398 g/mol. The van der Waals surface area contributed by atoms with Crippen LogP contribution in [0.1, 0.15) is 11.3 Å². The molecule has 0 spiro atoms. The zero-order valence-electron chi connectivity index (χ0n) is 14.8. The number of rotatable bonds is 5. The summed E-state index contributed by atoms with van der Waals surface area (Å²) in [5.41, 5.74) is 2.45. The van der Waals surface area contributed by atoms with Gasteiger partial charge in [-0.25, -0.2) is 8.78 Å². The molecule has 2 aromatic heterocycles. The zero-order valence-corrected chi connectivity index (χ0v) is 15.6. The molecule has 29 heavy (non-hydrogen) atoms. The van der Waals surface area contributed by atoms with Crippen molar-refractivity contribution in [1.29, 1.82) is 5.26 Å². The first kappa shape index (κ1) is 18.7. The zero-order chi connectivity index (χ0) is 20.4. The Morgan fingerprint density at radius 1 is 1.10 bits per heavy atom. The van der Waals surface area contributed by atoms with E-state index in [0.717, 1.165) is 5.69 Å². The number of hydrogen-bond acceptors (Lipinski definition) is 5. The van der Waals surface area contributed by atoms with E-state index in [1.54, 1.807) is 18.3 Å². The standard InChI is InChI=1S/C20H13ClF2N6/c21-16-6-12(1-2-17(16)22)28-19-11(8-24)9-26-20-15(19)5-14(7-18(20)23)25-10-13-3-4-27-29-13/h1-7,9,25H,10H2,(H,26,28)(H,27,29). The highest BCUT2D eigenvalue weighted by atomic mass is 35.5. The number of halogens is 3. The number of aromatic amines is 1. The largest absolute Gasteiger partial charge is 0.379 e. The van der Waals surface area contributed by atoms with E-state index in [1.165, 1.54) is 30.5 Å². The second-order valence-electron chi connectivity index (χ2n) is 6.20. The maximum Gasteiger partial charge on any atom is 0.151 e. The highest BCUT2D eigenvalue weighted by molar-refractivity contribution is 6.31. The van der Waals surface area contributed by atoms with Gasteiger partial charge in [0.05, 0.1) is 28.5 Å². The molecule has 0 aliphatic heterocycles. The van der Waals surface area contributed by atoms with Gasteiger partial charge in [0.2, 0.25) is 0 Å². The van der Waals surface area contributed by atoms with E-state index >= 15 is 0 Å². The molecule has 0 unspecified atom stereocenters. The van der Waals surface area contributed by atoms with Gasteiger partial charge < -0.3 is 10.6 Å². The van der Waals surface area contributed by atoms with Gasteiger partial charge in [0.1, 0.15) is 17.4 Å². The molecule has 6 nitrogen and oxygen atoms in total. The van der Waals surface area contributed by atoms with Crippen LogP contribution < -0.4 is 10.6 Å². The molecule has 4 rings (SSSR count). The summed E-state index contributed by atoms with van der Waals surface area (Å²) >= 11 is 5.84. The van der Waals surface area contributed by atoms with Crippen molar-refractivity contribution in [2.45, 2.75) is 6.54 Å². The molecule has 0 fully saturated rings. The third-order valence-electron chi connectivity index (χ3n) is 4.28. The van der Waals surface area contributed by atoms with Gasteiger partial charge >= 0.3 is 0 Å². The monoisotopic (exact) mass is 410 g/mol. The normalized spacial score (nSPS) is 10.7. The van der Waals surface area contributed by atoms with Gasteiger partial charge in [-0.2, -0.15) is 10.4 Å². The van der Waals surface area contributed by atoms with Crippen LogP contribution in [0.5, 0.6) is 0 Å². The van der Waals surface area contributed by atoms with Gasteiger partial charge in [-0.1, -0.05) is 11.6 Å². The number of nitrogens with one attached hydrogen (secondary N) is 3. The van der Waals surface area contributed by atoms with Crippen LogP contribution in [0.15, 0.2) is 48.8 Å². The van der Waals surface area contributed by atoms with Crippen molar-refractivity contribution in [2.24, 2.45) is 0 Å². The number of H-pyrrole nitrogens is 1. The van der Waals surface area contributed by atoms with Crippen LogP contribution in [0.25, 0.3) is 10.9 Å². The van der Waals surface area contributed by atoms with Crippen molar-refractivity contribution >= 4 is 39.6 Å². The summed E-state index contributed by atoms with van der Waals surface area (Å²) in [5, 5.41) is 22.6. The Bertz CT molecular complexity index is 1230. The third kappa shape index (κ3) is 3.81. The minimum Gasteiger partial charge on any atom is -0.379 e. The first-order valence-electron chi connectivity index (χ1n) is 8.51. The number of hydrogen-bond donors (Lipinski definition) is 3. The van der Waals surface area contributed by atoms with E-state index in [4.69, 9.17) is 11.6 Å². The van der Waals surface area contributed by atoms with Crippen molar-refractivity contribution in [1.82, 2.24) is 15.2 Å². The summed E-state index contributed by atoms with van der Waals surface area (Å²) in [6.45, 7) is 0.409. The summed E-state index contributed by atoms with van der Waals surface area (Å²) in [7, 11) is 0. The molecule has 0 saturated carbocycles. The Labute approximate surface area is 169 Å². The van der Waals surface area contributed by atoms with E-state index < -0.39 is 11.6 Å². The van der Waals surface area contributed by atoms with Crippen LogP contribution in [0.4, 0.5) is 25.8 Å². The molecular formula is C20H13ClF2N6. The molecule has 0 atom stereocenters. The summed E-state index contributed by atoms with van der Waals surface area (Å²) in [6, 6.07) is 10.9. The van der Waals surface area contributed by atoms with Gasteiger partial charge in [0.25, 0.3) is 0 Å². The summed E-state index contributed by atoms with van der Waals surface area (Å²) in [4.78, 5) is 4.07. The molecule has 2 heterocycles. The minimum absolute atomic E-state index is 0.0695. The lowest BCUT2D eigenvalue weighted by Gasteiger charge is -2.14. The van der Waals surface area contributed by atoms with Crippen LogP contribution in [0.3, 0.4) is 0 Å². The van der Waals surface area contributed by atoms with Gasteiger partial charge in [-0.15, -0.1) is 0 Å². The number of pyridine rings is 1. The quantitative estimate of drug-likeness (QED) is 0.425. The van der Waals surface area contributed by atoms with Crippen LogP contribution in [-0.2, 0) is 6.54 Å². The lowest BCUT2D eigenvalue weighted by molar-refractivity contribution is 0.628. The molecule has 2 aromatic carbocycles. The number of nitriles is 1. The van der Waals surface area contributed by atoms with Gasteiger partial charge in [-0.05, 0) is 36.4 Å². The van der Waals surface area contributed by atoms with E-state index in [9.17, 15) is 14.0 Å². The van der Waals surface area contributed by atoms with E-state index in [-0.39, 0.29) is 16.1 Å². The Balaban J connectivity index is 1.78. The highest BCUT2D eigenvalue weighted by Gasteiger charge is 2.14. The van der Waals surface area contributed by atoms with E-state index in [2.05, 4.69) is 25.8 Å². The lowest BCUT2D eigenvalue weighted by atomic mass is 10.1. The fraction of sp³-hybridized carbons (Fsp3) is 0.0500. The molecule has 0 radical (unpaired) electrons. The van der Waals surface area contributed by atoms with Gasteiger partial charge in [0.15, 0.2) is 5.82 Å². The maximum absolute atomic E-state index is 14.7. The summed E-state index contributed by atoms with van der Waals surface area (Å²) in [5.74, 6) is -1.10. The number of fused-ring (bicyclic) bond motifs is 1. The number of benzene rings is 2. The first-order valence-corrected chi connectivity index (χ1v) is 8.89. The van der Waals surface area contributed by atoms with Crippen LogP contribution in [0, 0.1) is 23.0 Å². The Hall–Kier alpha value is -3.70. The Morgan fingerprint density at radius 3 is 2.69 bits per heavy atom. The topological polar surface area (TPSA) is 89.4 Å². The predicted molar refractivity (Wildman–Crippen MR) is 107 cm³/mol. The fourth-order valence-corrected chi connectivity index (χ4v) is 3.06. The summed E-state index contributed by atoms with van der Waals surface area (Å²) < 4.78 is 28.1. The molecule has 0 amide bonds. The second kappa shape index (κ2) is 7.73. The predicted octanol–water partition coefficient (Wildman–Crippen LogP) is 5.12. The maximum atomic E-state index is 14.7. The Morgan fingerprint density at radius 2 is 1.97 bits per heavy atom. The minimum atomic E-state index is -0.561. The number of nitrogens with zero attached hydrogens (tertiary/aromatic N) is 3. The van der Waals surface area contributed by atoms with Crippen molar-refractivity contribution in [3.8, 4) is 6.07 Å². The molecule has 9 heteroatoms.